The first-order valence-corrected chi connectivity index (χ1v) is 9.53. The summed E-state index contributed by atoms with van der Waals surface area (Å²) in [5.74, 6) is -0.151. The van der Waals surface area contributed by atoms with E-state index in [0.29, 0.717) is 19.3 Å². The SMILES string of the molecule is CS(=O)(=O)OC1CCC2(OS(C)(=O)=O)CCCC12. The van der Waals surface area contributed by atoms with Crippen molar-refractivity contribution in [2.75, 3.05) is 12.5 Å². The Hall–Kier alpha value is -0.180. The van der Waals surface area contributed by atoms with Gasteiger partial charge in [-0.1, -0.05) is 6.42 Å². The van der Waals surface area contributed by atoms with Crippen molar-refractivity contribution in [2.24, 2.45) is 5.92 Å². The first kappa shape index (κ1) is 14.2. The normalized spacial score (nSPS) is 36.8. The quantitative estimate of drug-likeness (QED) is 0.708. The van der Waals surface area contributed by atoms with Crippen LogP contribution in [0, 0.1) is 5.92 Å². The summed E-state index contributed by atoms with van der Waals surface area (Å²) in [7, 11) is -7.06. The Morgan fingerprint density at radius 3 is 2.22 bits per heavy atom. The molecule has 0 radical (unpaired) electrons. The van der Waals surface area contributed by atoms with Gasteiger partial charge < -0.3 is 0 Å². The second-order valence-electron chi connectivity index (χ2n) is 5.23. The number of rotatable bonds is 4. The average molecular weight is 298 g/mol. The van der Waals surface area contributed by atoms with E-state index in [-0.39, 0.29) is 5.92 Å². The van der Waals surface area contributed by atoms with Crippen LogP contribution in [-0.2, 0) is 28.6 Å². The largest absolute Gasteiger partial charge is 0.267 e. The zero-order valence-corrected chi connectivity index (χ0v) is 12.1. The Balaban J connectivity index is 2.19. The third-order valence-electron chi connectivity index (χ3n) is 3.71. The van der Waals surface area contributed by atoms with Gasteiger partial charge in [0.05, 0.1) is 24.2 Å². The van der Waals surface area contributed by atoms with Crippen LogP contribution in [0.3, 0.4) is 0 Å². The second kappa shape index (κ2) is 4.43. The molecule has 0 amide bonds. The minimum Gasteiger partial charge on any atom is -0.267 e. The van der Waals surface area contributed by atoms with Crippen LogP contribution in [0.5, 0.6) is 0 Å². The van der Waals surface area contributed by atoms with E-state index in [1.165, 1.54) is 0 Å². The predicted octanol–water partition coefficient (Wildman–Crippen LogP) is 0.640. The van der Waals surface area contributed by atoms with E-state index in [0.717, 1.165) is 25.4 Å². The van der Waals surface area contributed by atoms with Gasteiger partial charge in [0.2, 0.25) is 0 Å². The molecule has 3 atom stereocenters. The van der Waals surface area contributed by atoms with Crippen molar-refractivity contribution in [1.29, 1.82) is 0 Å². The summed E-state index contributed by atoms with van der Waals surface area (Å²) in [6.07, 6.45) is 4.87. The van der Waals surface area contributed by atoms with Crippen molar-refractivity contribution in [3.05, 3.63) is 0 Å². The van der Waals surface area contributed by atoms with Crippen LogP contribution in [0.15, 0.2) is 0 Å². The fraction of sp³-hybridized carbons (Fsp3) is 1.00. The summed E-state index contributed by atoms with van der Waals surface area (Å²) in [6, 6.07) is 0. The van der Waals surface area contributed by atoms with Crippen molar-refractivity contribution in [3.8, 4) is 0 Å². The number of fused-ring (bicyclic) bond motifs is 1. The van der Waals surface area contributed by atoms with E-state index in [4.69, 9.17) is 8.37 Å². The molecule has 0 spiro atoms. The molecule has 106 valence electrons. The van der Waals surface area contributed by atoms with E-state index in [9.17, 15) is 16.8 Å². The molecule has 3 unspecified atom stereocenters. The Kier molecular flexibility index (Phi) is 3.50. The van der Waals surface area contributed by atoms with Crippen molar-refractivity contribution < 1.29 is 25.2 Å². The molecule has 8 heteroatoms. The van der Waals surface area contributed by atoms with Gasteiger partial charge in [-0.2, -0.15) is 16.8 Å². The monoisotopic (exact) mass is 298 g/mol. The highest BCUT2D eigenvalue weighted by atomic mass is 32.2. The molecule has 18 heavy (non-hydrogen) atoms. The first-order valence-electron chi connectivity index (χ1n) is 5.90. The van der Waals surface area contributed by atoms with E-state index < -0.39 is 31.9 Å². The van der Waals surface area contributed by atoms with Crippen molar-refractivity contribution in [1.82, 2.24) is 0 Å². The van der Waals surface area contributed by atoms with Crippen molar-refractivity contribution >= 4 is 20.2 Å². The Morgan fingerprint density at radius 2 is 1.67 bits per heavy atom. The molecule has 2 aliphatic rings. The van der Waals surface area contributed by atoms with Crippen LogP contribution in [0.2, 0.25) is 0 Å². The van der Waals surface area contributed by atoms with Gasteiger partial charge in [0.15, 0.2) is 0 Å². The summed E-state index contributed by atoms with van der Waals surface area (Å²) >= 11 is 0. The average Bonchev–Trinajstić information content (AvgIpc) is 2.62. The van der Waals surface area contributed by atoms with Gasteiger partial charge in [-0.05, 0) is 25.7 Å². The molecule has 0 saturated heterocycles. The van der Waals surface area contributed by atoms with Crippen LogP contribution >= 0.6 is 0 Å². The molecule has 0 aromatic heterocycles. The van der Waals surface area contributed by atoms with E-state index in [1.807, 2.05) is 0 Å². The predicted molar refractivity (Wildman–Crippen MR) is 65.0 cm³/mol. The van der Waals surface area contributed by atoms with Crippen molar-refractivity contribution in [3.63, 3.8) is 0 Å². The maximum Gasteiger partial charge on any atom is 0.264 e. The van der Waals surface area contributed by atoms with Gasteiger partial charge in [-0.3, -0.25) is 8.37 Å². The van der Waals surface area contributed by atoms with Crippen LogP contribution < -0.4 is 0 Å². The third-order valence-corrected chi connectivity index (χ3v) is 4.94. The lowest BCUT2D eigenvalue weighted by molar-refractivity contribution is 0.0334. The zero-order valence-electron chi connectivity index (χ0n) is 10.5. The smallest absolute Gasteiger partial charge is 0.264 e. The molecule has 0 heterocycles. The zero-order chi connectivity index (χ0) is 13.6. The van der Waals surface area contributed by atoms with Gasteiger partial charge >= 0.3 is 0 Å². The highest BCUT2D eigenvalue weighted by Gasteiger charge is 2.55. The van der Waals surface area contributed by atoms with E-state index in [2.05, 4.69) is 0 Å². The van der Waals surface area contributed by atoms with Gasteiger partial charge in [-0.15, -0.1) is 0 Å². The van der Waals surface area contributed by atoms with E-state index in [1.54, 1.807) is 0 Å². The Labute approximate surface area is 108 Å². The molecule has 6 nitrogen and oxygen atoms in total. The second-order valence-corrected chi connectivity index (χ2v) is 8.40. The van der Waals surface area contributed by atoms with Crippen LogP contribution in [0.4, 0.5) is 0 Å². The summed E-state index contributed by atoms with van der Waals surface area (Å²) in [6.45, 7) is 0. The van der Waals surface area contributed by atoms with E-state index >= 15 is 0 Å². The van der Waals surface area contributed by atoms with Gasteiger partial charge in [0.25, 0.3) is 20.2 Å². The molecule has 0 aromatic carbocycles. The molecule has 2 rings (SSSR count). The molecule has 0 N–H and O–H groups in total. The highest BCUT2D eigenvalue weighted by Crippen LogP contribution is 2.51. The van der Waals surface area contributed by atoms with Gasteiger partial charge in [0.1, 0.15) is 0 Å². The molecule has 2 saturated carbocycles. The first-order chi connectivity index (χ1) is 8.11. The standard InChI is InChI=1S/C10H18O6S2/c1-17(11,12)15-9-5-7-10(16-18(2,13)14)6-3-4-8(9)10/h8-9H,3-7H2,1-2H3. The lowest BCUT2D eigenvalue weighted by atomic mass is 9.94. The molecular weight excluding hydrogens is 280 g/mol. The fourth-order valence-corrected chi connectivity index (χ4v) is 4.85. The third kappa shape index (κ3) is 3.04. The Morgan fingerprint density at radius 1 is 1.00 bits per heavy atom. The fourth-order valence-electron chi connectivity index (χ4n) is 3.28. The summed E-state index contributed by atoms with van der Waals surface area (Å²) in [4.78, 5) is 0. The summed E-state index contributed by atoms with van der Waals surface area (Å²) < 4.78 is 55.3. The Bertz CT molecular complexity index is 523. The molecule has 2 fully saturated rings. The maximum atomic E-state index is 11.3. The molecule has 0 aromatic rings. The molecular formula is C10H18O6S2. The van der Waals surface area contributed by atoms with Crippen LogP contribution in [0.25, 0.3) is 0 Å². The highest BCUT2D eigenvalue weighted by molar-refractivity contribution is 7.86. The minimum atomic E-state index is -3.54. The maximum absolute atomic E-state index is 11.3. The van der Waals surface area contributed by atoms with Gasteiger partial charge in [0, 0.05) is 5.92 Å². The van der Waals surface area contributed by atoms with Crippen molar-refractivity contribution in [2.45, 2.75) is 43.8 Å². The van der Waals surface area contributed by atoms with Crippen LogP contribution in [-0.4, -0.2) is 41.1 Å². The topological polar surface area (TPSA) is 86.7 Å². The molecule has 0 aliphatic heterocycles. The number of hydrogen-bond acceptors (Lipinski definition) is 6. The minimum absolute atomic E-state index is 0.151. The molecule has 0 bridgehead atoms. The lowest BCUT2D eigenvalue weighted by Gasteiger charge is -2.29. The lowest BCUT2D eigenvalue weighted by Crippen LogP contribution is -2.38. The summed E-state index contributed by atoms with van der Waals surface area (Å²) in [5, 5.41) is 0. The summed E-state index contributed by atoms with van der Waals surface area (Å²) in [5.41, 5.74) is -0.747. The number of hydrogen-bond donors (Lipinski definition) is 0. The molecule has 2 aliphatic carbocycles. The van der Waals surface area contributed by atoms with Gasteiger partial charge in [-0.25, -0.2) is 0 Å². The van der Waals surface area contributed by atoms with Crippen LogP contribution in [0.1, 0.15) is 32.1 Å².